The third kappa shape index (κ3) is 4.17. The summed E-state index contributed by atoms with van der Waals surface area (Å²) >= 11 is 1.87. The Morgan fingerprint density at radius 2 is 0.979 bits per heavy atom. The lowest BCUT2D eigenvalue weighted by atomic mass is 9.91. The van der Waals surface area contributed by atoms with Crippen LogP contribution in [-0.2, 0) is 0 Å². The van der Waals surface area contributed by atoms with Crippen LogP contribution in [0.2, 0.25) is 0 Å². The van der Waals surface area contributed by atoms with Crippen molar-refractivity contribution in [2.75, 3.05) is 4.90 Å². The Morgan fingerprint density at radius 3 is 1.88 bits per heavy atom. The second-order valence-electron chi connectivity index (χ2n) is 12.5. The molecule has 48 heavy (non-hydrogen) atoms. The Labute approximate surface area is 282 Å². The Morgan fingerprint density at radius 1 is 0.333 bits per heavy atom. The molecule has 0 atom stereocenters. The summed E-state index contributed by atoms with van der Waals surface area (Å²) in [7, 11) is 0. The van der Waals surface area contributed by atoms with Crippen molar-refractivity contribution in [1.82, 2.24) is 0 Å². The molecular weight excluding hydrogens is 599 g/mol. The molecule has 0 saturated carbocycles. The van der Waals surface area contributed by atoms with Gasteiger partial charge in [0.2, 0.25) is 0 Å². The molecule has 0 aliphatic heterocycles. The summed E-state index contributed by atoms with van der Waals surface area (Å²) in [5, 5.41) is 12.9. The number of hydrogen-bond donors (Lipinski definition) is 0. The van der Waals surface area contributed by atoms with Gasteiger partial charge in [0.25, 0.3) is 0 Å². The van der Waals surface area contributed by atoms with Gasteiger partial charge in [0, 0.05) is 36.9 Å². The monoisotopic (exact) mass is 627 g/mol. The molecule has 0 aliphatic carbocycles. The molecular formula is C46H29NS. The van der Waals surface area contributed by atoms with Crippen molar-refractivity contribution in [3.05, 3.63) is 176 Å². The minimum absolute atomic E-state index is 1.13. The number of nitrogens with zero attached hydrogens (tertiary/aromatic N) is 1. The number of fused-ring (bicyclic) bond motifs is 10. The molecule has 2 heteroatoms. The quantitative estimate of drug-likeness (QED) is 0.176. The van der Waals surface area contributed by atoms with E-state index in [0.717, 1.165) is 11.4 Å². The number of rotatable bonds is 4. The lowest BCUT2D eigenvalue weighted by molar-refractivity contribution is 1.30. The van der Waals surface area contributed by atoms with Crippen LogP contribution in [0.25, 0.3) is 74.4 Å². The number of anilines is 3. The first-order valence-electron chi connectivity index (χ1n) is 16.4. The average Bonchev–Trinajstić information content (AvgIpc) is 3.55. The summed E-state index contributed by atoms with van der Waals surface area (Å²) in [5.41, 5.74) is 5.90. The number of para-hydroxylation sites is 1. The van der Waals surface area contributed by atoms with Gasteiger partial charge < -0.3 is 4.90 Å². The van der Waals surface area contributed by atoms with Crippen LogP contribution in [0.4, 0.5) is 17.1 Å². The maximum absolute atomic E-state index is 2.40. The molecule has 1 heterocycles. The predicted octanol–water partition coefficient (Wildman–Crippen LogP) is 13.8. The van der Waals surface area contributed by atoms with E-state index in [4.69, 9.17) is 0 Å². The maximum Gasteiger partial charge on any atom is 0.0540 e. The highest BCUT2D eigenvalue weighted by Gasteiger charge is 2.18. The molecule has 0 saturated heterocycles. The van der Waals surface area contributed by atoms with Crippen LogP contribution in [0, 0.1) is 0 Å². The largest absolute Gasteiger partial charge is 0.310 e. The summed E-state index contributed by atoms with van der Waals surface area (Å²) in [4.78, 5) is 2.40. The summed E-state index contributed by atoms with van der Waals surface area (Å²) in [6.45, 7) is 0. The summed E-state index contributed by atoms with van der Waals surface area (Å²) in [6, 6.07) is 64.4. The predicted molar refractivity (Wildman–Crippen MR) is 209 cm³/mol. The van der Waals surface area contributed by atoms with Crippen LogP contribution in [0.15, 0.2) is 176 Å². The van der Waals surface area contributed by atoms with E-state index in [-0.39, 0.29) is 0 Å². The number of benzene rings is 9. The van der Waals surface area contributed by atoms with Gasteiger partial charge in [-0.25, -0.2) is 0 Å². The molecule has 0 radical (unpaired) electrons. The minimum Gasteiger partial charge on any atom is -0.310 e. The third-order valence-corrected chi connectivity index (χ3v) is 11.0. The summed E-state index contributed by atoms with van der Waals surface area (Å²) < 4.78 is 2.65. The Kier molecular flexibility index (Phi) is 6.12. The molecule has 0 N–H and O–H groups in total. The van der Waals surface area contributed by atoms with Crippen molar-refractivity contribution in [2.24, 2.45) is 0 Å². The van der Waals surface area contributed by atoms with E-state index < -0.39 is 0 Å². The first-order chi connectivity index (χ1) is 23.8. The molecule has 10 rings (SSSR count). The van der Waals surface area contributed by atoms with Gasteiger partial charge in [-0.2, -0.15) is 0 Å². The molecule has 224 valence electrons. The minimum atomic E-state index is 1.13. The van der Waals surface area contributed by atoms with Gasteiger partial charge in [-0.05, 0) is 91.3 Å². The molecule has 0 bridgehead atoms. The molecule has 0 fully saturated rings. The lowest BCUT2D eigenvalue weighted by Gasteiger charge is -2.27. The first-order valence-corrected chi connectivity index (χ1v) is 17.3. The zero-order chi connectivity index (χ0) is 31.6. The SMILES string of the molecule is c1ccc(N(c2ccc(-c3cccc4ccc5c6ccccc6ccc5c34)cc2)c2cccc3c2ccc2sc4ccccc4c23)cc1. The fourth-order valence-corrected chi connectivity index (χ4v) is 8.79. The summed E-state index contributed by atoms with van der Waals surface area (Å²) in [5.74, 6) is 0. The second kappa shape index (κ2) is 10.8. The van der Waals surface area contributed by atoms with Gasteiger partial charge in [-0.1, -0.05) is 133 Å². The topological polar surface area (TPSA) is 3.24 Å². The highest BCUT2D eigenvalue weighted by atomic mass is 32.1. The zero-order valence-electron chi connectivity index (χ0n) is 26.1. The lowest BCUT2D eigenvalue weighted by Crippen LogP contribution is -2.10. The van der Waals surface area contributed by atoms with Crippen LogP contribution < -0.4 is 4.90 Å². The van der Waals surface area contributed by atoms with Crippen molar-refractivity contribution < 1.29 is 0 Å². The van der Waals surface area contributed by atoms with Gasteiger partial charge in [-0.15, -0.1) is 11.3 Å². The van der Waals surface area contributed by atoms with Crippen LogP contribution in [-0.4, -0.2) is 0 Å². The van der Waals surface area contributed by atoms with Gasteiger partial charge in [0.15, 0.2) is 0 Å². The number of hydrogen-bond acceptors (Lipinski definition) is 2. The molecule has 0 amide bonds. The zero-order valence-corrected chi connectivity index (χ0v) is 26.9. The summed E-state index contributed by atoms with van der Waals surface area (Å²) in [6.07, 6.45) is 0. The van der Waals surface area contributed by atoms with Crippen molar-refractivity contribution in [3.63, 3.8) is 0 Å². The van der Waals surface area contributed by atoms with Gasteiger partial charge in [-0.3, -0.25) is 0 Å². The Bertz CT molecular complexity index is 2830. The van der Waals surface area contributed by atoms with E-state index in [1.54, 1.807) is 0 Å². The van der Waals surface area contributed by atoms with Crippen LogP contribution in [0.5, 0.6) is 0 Å². The first kappa shape index (κ1) is 27.2. The van der Waals surface area contributed by atoms with Gasteiger partial charge in [0.1, 0.15) is 0 Å². The number of thiophene rings is 1. The van der Waals surface area contributed by atoms with E-state index >= 15 is 0 Å². The highest BCUT2D eigenvalue weighted by molar-refractivity contribution is 7.26. The third-order valence-electron chi connectivity index (χ3n) is 9.83. The van der Waals surface area contributed by atoms with E-state index in [2.05, 4.69) is 181 Å². The van der Waals surface area contributed by atoms with E-state index in [1.165, 1.54) is 80.1 Å². The van der Waals surface area contributed by atoms with Crippen LogP contribution in [0.3, 0.4) is 0 Å². The normalized spacial score (nSPS) is 11.8. The fourth-order valence-electron chi connectivity index (χ4n) is 7.67. The van der Waals surface area contributed by atoms with Gasteiger partial charge in [0.05, 0.1) is 5.69 Å². The fraction of sp³-hybridized carbons (Fsp3) is 0. The van der Waals surface area contributed by atoms with Crippen molar-refractivity contribution in [3.8, 4) is 11.1 Å². The average molecular weight is 628 g/mol. The van der Waals surface area contributed by atoms with Gasteiger partial charge >= 0.3 is 0 Å². The Balaban J connectivity index is 1.15. The van der Waals surface area contributed by atoms with Crippen LogP contribution in [0.1, 0.15) is 0 Å². The van der Waals surface area contributed by atoms with E-state index in [1.807, 2.05) is 11.3 Å². The Hall–Kier alpha value is -5.96. The molecule has 0 aliphatic rings. The van der Waals surface area contributed by atoms with Crippen molar-refractivity contribution in [1.29, 1.82) is 0 Å². The van der Waals surface area contributed by atoms with Crippen molar-refractivity contribution in [2.45, 2.75) is 0 Å². The second-order valence-corrected chi connectivity index (χ2v) is 13.6. The molecule has 9 aromatic carbocycles. The molecule has 1 aromatic heterocycles. The molecule has 1 nitrogen and oxygen atoms in total. The standard InChI is InChI=1S/C46H29NS/c1-2-12-33(13-3-1)47(42-18-9-17-39-38(42)28-29-44-46(39)41-15-6-7-19-43(41)48-44)34-24-20-31(21-25-34)36-16-8-11-32-23-26-37-35-14-5-4-10-30(35)22-27-40(37)45(32)36/h1-29H. The van der Waals surface area contributed by atoms with E-state index in [9.17, 15) is 0 Å². The molecule has 10 aromatic rings. The molecule has 0 spiro atoms. The van der Waals surface area contributed by atoms with Crippen LogP contribution >= 0.6 is 11.3 Å². The van der Waals surface area contributed by atoms with Crippen molar-refractivity contribution >= 4 is 91.7 Å². The van der Waals surface area contributed by atoms with E-state index in [0.29, 0.717) is 0 Å². The maximum atomic E-state index is 2.40. The highest BCUT2D eigenvalue weighted by Crippen LogP contribution is 2.45. The molecule has 0 unspecified atom stereocenters. The smallest absolute Gasteiger partial charge is 0.0540 e.